The first kappa shape index (κ1) is 19.3. The molecule has 1 aromatic rings. The summed E-state index contributed by atoms with van der Waals surface area (Å²) in [4.78, 5) is 26.1. The van der Waals surface area contributed by atoms with Crippen LogP contribution in [0.15, 0.2) is 17.0 Å². The van der Waals surface area contributed by atoms with Crippen LogP contribution >= 0.6 is 0 Å². The molecule has 1 aromatic carbocycles. The molecule has 0 saturated heterocycles. The standard InChI is InChI=1S/C6H3N3O9S.C2H6O/c10-7(11)3-1-4(8(12)13)6(19(16,17)18)5(2-3)9(14)15;1-2-3/h1-2H,(H,16,17,18);3H,2H2,1H3. The first-order valence-electron chi connectivity index (χ1n) is 5.16. The lowest BCUT2D eigenvalue weighted by Crippen LogP contribution is -2.08. The van der Waals surface area contributed by atoms with E-state index in [0.29, 0.717) is 0 Å². The van der Waals surface area contributed by atoms with Gasteiger partial charge in [0, 0.05) is 6.61 Å². The number of rotatable bonds is 4. The van der Waals surface area contributed by atoms with Gasteiger partial charge in [-0.25, -0.2) is 0 Å². The minimum absolute atomic E-state index is 0.204. The van der Waals surface area contributed by atoms with Crippen molar-refractivity contribution in [3.63, 3.8) is 0 Å². The molecule has 0 aliphatic carbocycles. The molecular weight excluding hydrogens is 330 g/mol. The highest BCUT2D eigenvalue weighted by molar-refractivity contribution is 7.86. The van der Waals surface area contributed by atoms with Crippen LogP contribution in [0.5, 0.6) is 0 Å². The Balaban J connectivity index is 0.00000135. The third-order valence-electron chi connectivity index (χ3n) is 1.90. The maximum atomic E-state index is 10.9. The zero-order chi connectivity index (χ0) is 17.7. The molecule has 0 aliphatic heterocycles. The number of nitrogens with zero attached hydrogens (tertiary/aromatic N) is 3. The van der Waals surface area contributed by atoms with Gasteiger partial charge >= 0.3 is 21.5 Å². The molecule has 0 fully saturated rings. The minimum Gasteiger partial charge on any atom is -0.397 e. The van der Waals surface area contributed by atoms with Crippen molar-refractivity contribution < 1.29 is 32.8 Å². The van der Waals surface area contributed by atoms with E-state index in [1.54, 1.807) is 6.92 Å². The summed E-state index contributed by atoms with van der Waals surface area (Å²) in [5.41, 5.74) is -3.96. The first-order valence-corrected chi connectivity index (χ1v) is 6.60. The number of non-ortho nitro benzene ring substituents is 1. The molecule has 0 bridgehead atoms. The Kier molecular flexibility index (Phi) is 6.44. The molecule has 0 atom stereocenters. The van der Waals surface area contributed by atoms with Gasteiger partial charge in [0.25, 0.3) is 5.69 Å². The van der Waals surface area contributed by atoms with Crippen molar-refractivity contribution in [3.05, 3.63) is 42.5 Å². The molecule has 0 unspecified atom stereocenters. The van der Waals surface area contributed by atoms with E-state index in [1.807, 2.05) is 0 Å². The zero-order valence-corrected chi connectivity index (χ0v) is 11.6. The normalized spacial score (nSPS) is 10.3. The molecule has 0 aliphatic rings. The first-order chi connectivity index (χ1) is 9.97. The van der Waals surface area contributed by atoms with Crippen molar-refractivity contribution in [3.8, 4) is 0 Å². The van der Waals surface area contributed by atoms with Crippen molar-refractivity contribution in [2.75, 3.05) is 6.61 Å². The summed E-state index contributed by atoms with van der Waals surface area (Å²) in [6.07, 6.45) is 0. The molecule has 0 saturated carbocycles. The fourth-order valence-electron chi connectivity index (χ4n) is 1.23. The molecule has 1 rings (SSSR count). The number of nitro benzene ring substituents is 3. The van der Waals surface area contributed by atoms with E-state index >= 15 is 0 Å². The molecule has 0 spiro atoms. The van der Waals surface area contributed by atoms with Crippen molar-refractivity contribution in [1.82, 2.24) is 0 Å². The topological polar surface area (TPSA) is 204 Å². The van der Waals surface area contributed by atoms with Crippen LogP contribution in [0.4, 0.5) is 17.1 Å². The van der Waals surface area contributed by atoms with Gasteiger partial charge in [0.15, 0.2) is 0 Å². The fourth-order valence-corrected chi connectivity index (χ4v) is 2.02. The number of nitro groups is 3. The van der Waals surface area contributed by atoms with Gasteiger partial charge in [0.2, 0.25) is 4.90 Å². The molecule has 2 N–H and O–H groups in total. The lowest BCUT2D eigenvalue weighted by molar-refractivity contribution is -0.407. The van der Waals surface area contributed by atoms with Crippen LogP contribution < -0.4 is 0 Å². The zero-order valence-electron chi connectivity index (χ0n) is 10.8. The minimum atomic E-state index is -5.30. The summed E-state index contributed by atoms with van der Waals surface area (Å²) in [6.45, 7) is 1.93. The average Bonchev–Trinajstić information content (AvgIpc) is 2.36. The van der Waals surface area contributed by atoms with Crippen LogP contribution in [0.3, 0.4) is 0 Å². The molecule has 13 nitrogen and oxygen atoms in total. The van der Waals surface area contributed by atoms with Crippen LogP contribution in [0.25, 0.3) is 0 Å². The monoisotopic (exact) mass is 339 g/mol. The average molecular weight is 339 g/mol. The van der Waals surface area contributed by atoms with Crippen LogP contribution in [0.2, 0.25) is 0 Å². The summed E-state index contributed by atoms with van der Waals surface area (Å²) in [7, 11) is -5.30. The summed E-state index contributed by atoms with van der Waals surface area (Å²) < 4.78 is 30.7. The van der Waals surface area contributed by atoms with Gasteiger partial charge in [-0.3, -0.25) is 34.9 Å². The Labute approximate surface area is 122 Å². The smallest absolute Gasteiger partial charge is 0.308 e. The summed E-state index contributed by atoms with van der Waals surface area (Å²) in [6, 6.07) is 0.409. The summed E-state index contributed by atoms with van der Waals surface area (Å²) >= 11 is 0. The van der Waals surface area contributed by atoms with Crippen LogP contribution in [0.1, 0.15) is 6.92 Å². The van der Waals surface area contributed by atoms with Gasteiger partial charge in [0.05, 0.1) is 26.9 Å². The molecule has 22 heavy (non-hydrogen) atoms. The second-order valence-corrected chi connectivity index (χ2v) is 4.73. The fraction of sp³-hybridized carbons (Fsp3) is 0.250. The Hall–Kier alpha value is -2.71. The second kappa shape index (κ2) is 7.34. The molecule has 0 amide bonds. The highest BCUT2D eigenvalue weighted by Crippen LogP contribution is 2.36. The predicted molar refractivity (Wildman–Crippen MR) is 69.0 cm³/mol. The molecule has 0 heterocycles. The lowest BCUT2D eigenvalue weighted by Gasteiger charge is -2.01. The van der Waals surface area contributed by atoms with E-state index < -0.39 is 46.8 Å². The number of hydrogen-bond acceptors (Lipinski definition) is 9. The van der Waals surface area contributed by atoms with Crippen LogP contribution in [-0.4, -0.2) is 39.5 Å². The van der Waals surface area contributed by atoms with E-state index in [2.05, 4.69) is 0 Å². The number of aliphatic hydroxyl groups is 1. The molecule has 14 heteroatoms. The van der Waals surface area contributed by atoms with Gasteiger partial charge in [-0.05, 0) is 6.92 Å². The van der Waals surface area contributed by atoms with Crippen molar-refractivity contribution in [2.24, 2.45) is 0 Å². The van der Waals surface area contributed by atoms with Gasteiger partial charge in [-0.2, -0.15) is 8.42 Å². The number of hydrogen-bond donors (Lipinski definition) is 2. The van der Waals surface area contributed by atoms with Gasteiger partial charge in [-0.1, -0.05) is 0 Å². The second-order valence-electron chi connectivity index (χ2n) is 3.38. The third-order valence-corrected chi connectivity index (χ3v) is 2.83. The molecule has 0 aromatic heterocycles. The third kappa shape index (κ3) is 4.69. The van der Waals surface area contributed by atoms with Gasteiger partial charge in [-0.15, -0.1) is 0 Å². The number of aliphatic hydroxyl groups excluding tert-OH is 1. The Morgan fingerprint density at radius 2 is 1.32 bits per heavy atom. The van der Waals surface area contributed by atoms with Gasteiger partial charge in [0.1, 0.15) is 0 Å². The van der Waals surface area contributed by atoms with Crippen LogP contribution in [0, 0.1) is 30.3 Å². The van der Waals surface area contributed by atoms with E-state index in [1.165, 1.54) is 0 Å². The predicted octanol–water partition coefficient (Wildman–Crippen LogP) is 0.656. The van der Waals surface area contributed by atoms with E-state index in [4.69, 9.17) is 9.66 Å². The maximum absolute atomic E-state index is 10.9. The Morgan fingerprint density at radius 3 is 1.50 bits per heavy atom. The molecule has 122 valence electrons. The van der Waals surface area contributed by atoms with E-state index in [-0.39, 0.29) is 18.7 Å². The number of benzene rings is 1. The Bertz CT molecular complexity index is 678. The largest absolute Gasteiger partial charge is 0.397 e. The van der Waals surface area contributed by atoms with E-state index in [9.17, 15) is 38.8 Å². The highest BCUT2D eigenvalue weighted by atomic mass is 32.2. The summed E-state index contributed by atoms with van der Waals surface area (Å²) in [5.74, 6) is 0. The van der Waals surface area contributed by atoms with Crippen molar-refractivity contribution in [2.45, 2.75) is 11.8 Å². The molecular formula is C8H9N3O10S. The van der Waals surface area contributed by atoms with Gasteiger partial charge < -0.3 is 5.11 Å². The highest BCUT2D eigenvalue weighted by Gasteiger charge is 2.37. The Morgan fingerprint density at radius 1 is 1.00 bits per heavy atom. The van der Waals surface area contributed by atoms with Crippen molar-refractivity contribution in [1.29, 1.82) is 0 Å². The maximum Gasteiger partial charge on any atom is 0.308 e. The van der Waals surface area contributed by atoms with Crippen molar-refractivity contribution >= 4 is 27.2 Å². The quantitative estimate of drug-likeness (QED) is 0.445. The lowest BCUT2D eigenvalue weighted by atomic mass is 10.2. The van der Waals surface area contributed by atoms with E-state index in [0.717, 1.165) is 0 Å². The SMILES string of the molecule is CCO.O=[N+]([O-])c1cc([N+](=O)[O-])c(S(=O)(=O)O)c([N+](=O)[O-])c1. The summed E-state index contributed by atoms with van der Waals surface area (Å²) in [5, 5.41) is 39.2. The molecule has 0 radical (unpaired) electrons. The van der Waals surface area contributed by atoms with Crippen LogP contribution in [-0.2, 0) is 10.1 Å².